The highest BCUT2D eigenvalue weighted by Crippen LogP contribution is 2.18. The topological polar surface area (TPSA) is 98.5 Å². The summed E-state index contributed by atoms with van der Waals surface area (Å²) >= 11 is 5.31. The number of non-ortho nitro benzene ring substituents is 1. The summed E-state index contributed by atoms with van der Waals surface area (Å²) in [6.45, 7) is 0.0386. The summed E-state index contributed by atoms with van der Waals surface area (Å²) in [5.74, 6) is 0.0979. The number of alkyl halides is 1. The molecule has 0 saturated heterocycles. The molecular weight excluding hydrogens is 272 g/mol. The SMILES string of the molecule is O=[N+]([O-])c1ccc(OS(=O)(=O)NCCCl)cc1. The van der Waals surface area contributed by atoms with Gasteiger partial charge in [0.05, 0.1) is 4.92 Å². The van der Waals surface area contributed by atoms with Gasteiger partial charge in [-0.1, -0.05) is 0 Å². The summed E-state index contributed by atoms with van der Waals surface area (Å²) in [5, 5.41) is 10.4. The monoisotopic (exact) mass is 280 g/mol. The van der Waals surface area contributed by atoms with E-state index in [4.69, 9.17) is 11.6 Å². The Bertz CT molecular complexity index is 487. The van der Waals surface area contributed by atoms with Gasteiger partial charge in [0.25, 0.3) is 5.69 Å². The smallest absolute Gasteiger partial charge is 0.371 e. The van der Waals surface area contributed by atoms with E-state index in [1.807, 2.05) is 0 Å². The Morgan fingerprint density at radius 2 is 1.94 bits per heavy atom. The highest BCUT2D eigenvalue weighted by molar-refractivity contribution is 7.85. The van der Waals surface area contributed by atoms with Gasteiger partial charge in [-0.05, 0) is 12.1 Å². The fourth-order valence-corrected chi connectivity index (χ4v) is 1.93. The standard InChI is InChI=1S/C8H9ClN2O5S/c9-5-6-10-17(14,15)16-8-3-1-7(2-4-8)11(12)13/h1-4,10H,5-6H2. The molecule has 1 N–H and O–H groups in total. The second-order valence-electron chi connectivity index (χ2n) is 2.87. The number of nitro groups is 1. The van der Waals surface area contributed by atoms with E-state index in [2.05, 4.69) is 8.91 Å². The second-order valence-corrected chi connectivity index (χ2v) is 4.61. The maximum Gasteiger partial charge on any atom is 0.382 e. The largest absolute Gasteiger partial charge is 0.382 e. The Labute approximate surface area is 103 Å². The van der Waals surface area contributed by atoms with Gasteiger partial charge in [-0.2, -0.15) is 13.1 Å². The van der Waals surface area contributed by atoms with E-state index in [9.17, 15) is 18.5 Å². The molecule has 0 bridgehead atoms. The molecule has 94 valence electrons. The van der Waals surface area contributed by atoms with Crippen LogP contribution in [0.5, 0.6) is 5.75 Å². The number of hydrogen-bond acceptors (Lipinski definition) is 5. The molecule has 9 heteroatoms. The molecule has 0 atom stereocenters. The second kappa shape index (κ2) is 5.80. The van der Waals surface area contributed by atoms with E-state index in [0.29, 0.717) is 0 Å². The molecule has 0 fully saturated rings. The van der Waals surface area contributed by atoms with Gasteiger partial charge >= 0.3 is 10.3 Å². The third-order valence-electron chi connectivity index (χ3n) is 1.63. The molecular formula is C8H9ClN2O5S. The van der Waals surface area contributed by atoms with Crippen LogP contribution in [-0.4, -0.2) is 25.8 Å². The van der Waals surface area contributed by atoms with E-state index >= 15 is 0 Å². The van der Waals surface area contributed by atoms with Crippen molar-refractivity contribution in [2.75, 3.05) is 12.4 Å². The van der Waals surface area contributed by atoms with Crippen LogP contribution in [0.1, 0.15) is 0 Å². The van der Waals surface area contributed by atoms with Crippen molar-refractivity contribution in [1.82, 2.24) is 4.72 Å². The van der Waals surface area contributed by atoms with Gasteiger partial charge in [-0.15, -0.1) is 11.6 Å². The van der Waals surface area contributed by atoms with Crippen molar-refractivity contribution in [2.45, 2.75) is 0 Å². The quantitative estimate of drug-likeness (QED) is 0.477. The van der Waals surface area contributed by atoms with Crippen LogP contribution in [-0.2, 0) is 10.3 Å². The van der Waals surface area contributed by atoms with E-state index in [0.717, 1.165) is 12.1 Å². The molecule has 0 unspecified atom stereocenters. The van der Waals surface area contributed by atoms with E-state index in [-0.39, 0.29) is 23.9 Å². The molecule has 0 amide bonds. The lowest BCUT2D eigenvalue weighted by Gasteiger charge is -2.06. The summed E-state index contributed by atoms with van der Waals surface area (Å²) < 4.78 is 29.2. The van der Waals surface area contributed by atoms with Crippen molar-refractivity contribution in [1.29, 1.82) is 0 Å². The first-order valence-electron chi connectivity index (χ1n) is 4.44. The lowest BCUT2D eigenvalue weighted by Crippen LogP contribution is -2.29. The minimum Gasteiger partial charge on any atom is -0.371 e. The highest BCUT2D eigenvalue weighted by Gasteiger charge is 2.12. The molecule has 7 nitrogen and oxygen atoms in total. The van der Waals surface area contributed by atoms with Crippen LogP contribution in [0.15, 0.2) is 24.3 Å². The van der Waals surface area contributed by atoms with Crippen LogP contribution in [0.2, 0.25) is 0 Å². The summed E-state index contributed by atoms with van der Waals surface area (Å²) in [6, 6.07) is 4.68. The lowest BCUT2D eigenvalue weighted by molar-refractivity contribution is -0.384. The van der Waals surface area contributed by atoms with Gasteiger partial charge in [0.2, 0.25) is 0 Å². The minimum atomic E-state index is -3.93. The Hall–Kier alpha value is -1.38. The molecule has 1 aromatic carbocycles. The van der Waals surface area contributed by atoms with Crippen molar-refractivity contribution in [2.24, 2.45) is 0 Å². The molecule has 0 saturated carbocycles. The number of rotatable bonds is 6. The van der Waals surface area contributed by atoms with Gasteiger partial charge in [0.1, 0.15) is 5.75 Å². The van der Waals surface area contributed by atoms with Crippen LogP contribution in [0, 0.1) is 10.1 Å². The summed E-state index contributed by atoms with van der Waals surface area (Å²) in [6.07, 6.45) is 0. The number of nitro benzene ring substituents is 1. The number of hydrogen-bond donors (Lipinski definition) is 1. The maximum atomic E-state index is 11.3. The summed E-state index contributed by atoms with van der Waals surface area (Å²) in [4.78, 5) is 9.77. The first kappa shape index (κ1) is 13.7. The molecule has 0 spiro atoms. The lowest BCUT2D eigenvalue weighted by atomic mass is 10.3. The molecule has 1 aromatic rings. The molecule has 0 heterocycles. The molecule has 17 heavy (non-hydrogen) atoms. The number of benzene rings is 1. The summed E-state index contributed by atoms with van der Waals surface area (Å²) in [7, 11) is -3.93. The third-order valence-corrected chi connectivity index (χ3v) is 2.79. The van der Waals surface area contributed by atoms with Crippen LogP contribution in [0.25, 0.3) is 0 Å². The first-order valence-corrected chi connectivity index (χ1v) is 6.38. The maximum absolute atomic E-state index is 11.3. The predicted octanol–water partition coefficient (Wildman–Crippen LogP) is 1.05. The highest BCUT2D eigenvalue weighted by atomic mass is 35.5. The number of halogens is 1. The van der Waals surface area contributed by atoms with Gasteiger partial charge in [0, 0.05) is 24.6 Å². The number of nitrogens with zero attached hydrogens (tertiary/aromatic N) is 1. The van der Waals surface area contributed by atoms with E-state index in [1.54, 1.807) is 0 Å². The van der Waals surface area contributed by atoms with Crippen LogP contribution in [0.4, 0.5) is 5.69 Å². The third kappa shape index (κ3) is 4.55. The fourth-order valence-electron chi connectivity index (χ4n) is 0.943. The Kier molecular flexibility index (Phi) is 4.67. The van der Waals surface area contributed by atoms with Crippen molar-refractivity contribution < 1.29 is 17.5 Å². The van der Waals surface area contributed by atoms with Crippen molar-refractivity contribution in [3.63, 3.8) is 0 Å². The average Bonchev–Trinajstić information content (AvgIpc) is 2.26. The molecule has 0 radical (unpaired) electrons. The zero-order chi connectivity index (χ0) is 12.9. The predicted molar refractivity (Wildman–Crippen MR) is 61.4 cm³/mol. The van der Waals surface area contributed by atoms with Crippen LogP contribution < -0.4 is 8.91 Å². The first-order chi connectivity index (χ1) is 7.94. The Morgan fingerprint density at radius 1 is 1.35 bits per heavy atom. The molecule has 1 rings (SSSR count). The molecule has 0 aliphatic rings. The minimum absolute atomic E-state index is 0.0160. The van der Waals surface area contributed by atoms with Crippen molar-refractivity contribution in [3.8, 4) is 5.75 Å². The van der Waals surface area contributed by atoms with Gasteiger partial charge < -0.3 is 4.18 Å². The molecule has 0 aliphatic carbocycles. The van der Waals surface area contributed by atoms with Crippen LogP contribution in [0.3, 0.4) is 0 Å². The van der Waals surface area contributed by atoms with Gasteiger partial charge in [-0.3, -0.25) is 10.1 Å². The van der Waals surface area contributed by atoms with Crippen molar-refractivity contribution >= 4 is 27.6 Å². The van der Waals surface area contributed by atoms with Crippen molar-refractivity contribution in [3.05, 3.63) is 34.4 Å². The van der Waals surface area contributed by atoms with Gasteiger partial charge in [-0.25, -0.2) is 0 Å². The zero-order valence-electron chi connectivity index (χ0n) is 8.50. The fraction of sp³-hybridized carbons (Fsp3) is 0.250. The van der Waals surface area contributed by atoms with E-state index in [1.165, 1.54) is 12.1 Å². The van der Waals surface area contributed by atoms with Crippen LogP contribution >= 0.6 is 11.6 Å². The van der Waals surface area contributed by atoms with E-state index < -0.39 is 15.2 Å². The Morgan fingerprint density at radius 3 is 2.41 bits per heavy atom. The Balaban J connectivity index is 2.72. The number of nitrogens with one attached hydrogen (secondary N) is 1. The summed E-state index contributed by atoms with van der Waals surface area (Å²) in [5.41, 5.74) is -0.150. The zero-order valence-corrected chi connectivity index (χ0v) is 10.1. The molecule has 0 aliphatic heterocycles. The molecule has 0 aromatic heterocycles. The normalized spacial score (nSPS) is 11.1. The van der Waals surface area contributed by atoms with Gasteiger partial charge in [0.15, 0.2) is 0 Å². The average molecular weight is 281 g/mol.